The van der Waals surface area contributed by atoms with Crippen LogP contribution in [0.2, 0.25) is 0 Å². The highest BCUT2D eigenvalue weighted by molar-refractivity contribution is 5.84. The van der Waals surface area contributed by atoms with Gasteiger partial charge >= 0.3 is 0 Å². The summed E-state index contributed by atoms with van der Waals surface area (Å²) in [5.74, 6) is 1.16. The number of aromatic nitrogens is 2. The highest BCUT2D eigenvalue weighted by atomic mass is 15.1. The summed E-state index contributed by atoms with van der Waals surface area (Å²) in [6, 6.07) is 54.5. The first-order chi connectivity index (χ1) is 20.3. The Bertz CT molecular complexity index is 2000. The van der Waals surface area contributed by atoms with Crippen molar-refractivity contribution in [3.63, 3.8) is 0 Å². The van der Waals surface area contributed by atoms with E-state index in [4.69, 9.17) is 4.98 Å². The van der Waals surface area contributed by atoms with E-state index in [0.29, 0.717) is 0 Å². The number of hydrogen-bond donors (Lipinski definition) is 0. The van der Waals surface area contributed by atoms with Crippen LogP contribution in [-0.4, -0.2) is 9.55 Å². The van der Waals surface area contributed by atoms with Crippen molar-refractivity contribution in [1.82, 2.24) is 9.55 Å². The molecule has 41 heavy (non-hydrogen) atoms. The third-order valence-electron chi connectivity index (χ3n) is 8.39. The van der Waals surface area contributed by atoms with Crippen LogP contribution in [0.15, 0.2) is 152 Å². The molecule has 1 aliphatic carbocycles. The van der Waals surface area contributed by atoms with Gasteiger partial charge in [-0.2, -0.15) is 0 Å². The maximum absolute atomic E-state index is 5.07. The second kappa shape index (κ2) is 9.76. The summed E-state index contributed by atoms with van der Waals surface area (Å²) < 4.78 is 2.26. The molecular formula is C39H28N2. The molecule has 0 saturated carbocycles. The van der Waals surface area contributed by atoms with Gasteiger partial charge in [-0.1, -0.05) is 127 Å². The Labute approximate surface area is 240 Å². The third-order valence-corrected chi connectivity index (χ3v) is 8.39. The number of hydrogen-bond acceptors (Lipinski definition) is 1. The molecule has 1 unspecified atom stereocenters. The molecular weight excluding hydrogens is 496 g/mol. The number of para-hydroxylation sites is 3. The minimum Gasteiger partial charge on any atom is -0.292 e. The third kappa shape index (κ3) is 3.99. The van der Waals surface area contributed by atoms with Crippen LogP contribution >= 0.6 is 0 Å². The summed E-state index contributed by atoms with van der Waals surface area (Å²) in [5.41, 5.74) is 13.8. The standard InChI is InChI=1S/C39H28N2/c1-3-12-28(13-4-1)37-34-18-8-7-14-30(34)26-31-15-11-19-33(38(31)37)27-22-24-29(25-23-27)39-40-35-20-9-10-21-36(35)41(39)32-16-5-2-6-17-32/h1-25,37H,26H2. The highest BCUT2D eigenvalue weighted by Crippen LogP contribution is 2.45. The molecule has 7 aromatic rings. The molecule has 0 fully saturated rings. The van der Waals surface area contributed by atoms with Gasteiger partial charge in [0.1, 0.15) is 5.82 Å². The lowest BCUT2D eigenvalue weighted by Gasteiger charge is -2.31. The van der Waals surface area contributed by atoms with E-state index in [-0.39, 0.29) is 5.92 Å². The topological polar surface area (TPSA) is 17.8 Å². The Morgan fingerprint density at radius 2 is 1.20 bits per heavy atom. The number of benzene rings is 6. The molecule has 0 spiro atoms. The van der Waals surface area contributed by atoms with E-state index in [0.717, 1.165) is 34.5 Å². The molecule has 0 bridgehead atoms. The van der Waals surface area contributed by atoms with Crippen molar-refractivity contribution in [3.05, 3.63) is 179 Å². The maximum atomic E-state index is 5.07. The van der Waals surface area contributed by atoms with Crippen LogP contribution in [0.25, 0.3) is 39.2 Å². The first-order valence-corrected chi connectivity index (χ1v) is 14.2. The van der Waals surface area contributed by atoms with Crippen molar-refractivity contribution in [2.75, 3.05) is 0 Å². The second-order valence-corrected chi connectivity index (χ2v) is 10.8. The lowest BCUT2D eigenvalue weighted by atomic mass is 9.72. The number of nitrogens with zero attached hydrogens (tertiary/aromatic N) is 2. The van der Waals surface area contributed by atoms with E-state index < -0.39 is 0 Å². The van der Waals surface area contributed by atoms with Crippen LogP contribution in [-0.2, 0) is 6.42 Å². The van der Waals surface area contributed by atoms with Crippen LogP contribution in [0.5, 0.6) is 0 Å². The van der Waals surface area contributed by atoms with Gasteiger partial charge in [0, 0.05) is 17.2 Å². The van der Waals surface area contributed by atoms with Crippen molar-refractivity contribution in [3.8, 4) is 28.2 Å². The molecule has 6 aromatic carbocycles. The molecule has 0 saturated heterocycles. The minimum absolute atomic E-state index is 0.203. The van der Waals surface area contributed by atoms with Crippen molar-refractivity contribution in [2.24, 2.45) is 0 Å². The Hall–Kier alpha value is -5.21. The zero-order chi connectivity index (χ0) is 27.2. The summed E-state index contributed by atoms with van der Waals surface area (Å²) >= 11 is 0. The van der Waals surface area contributed by atoms with Crippen LogP contribution < -0.4 is 0 Å². The summed E-state index contributed by atoms with van der Waals surface area (Å²) in [4.78, 5) is 5.07. The number of fused-ring (bicyclic) bond motifs is 3. The summed E-state index contributed by atoms with van der Waals surface area (Å²) in [6.07, 6.45) is 0.960. The fraction of sp³-hybridized carbons (Fsp3) is 0.0513. The van der Waals surface area contributed by atoms with Crippen LogP contribution in [0.4, 0.5) is 0 Å². The molecule has 2 nitrogen and oxygen atoms in total. The summed E-state index contributed by atoms with van der Waals surface area (Å²) in [7, 11) is 0. The zero-order valence-electron chi connectivity index (χ0n) is 22.6. The lowest BCUT2D eigenvalue weighted by molar-refractivity contribution is 0.888. The normalized spacial score (nSPS) is 14.0. The predicted octanol–water partition coefficient (Wildman–Crippen LogP) is 9.44. The molecule has 1 heterocycles. The quantitative estimate of drug-likeness (QED) is 0.224. The Balaban J connectivity index is 1.27. The van der Waals surface area contributed by atoms with Gasteiger partial charge in [0.2, 0.25) is 0 Å². The van der Waals surface area contributed by atoms with E-state index in [1.54, 1.807) is 0 Å². The Morgan fingerprint density at radius 1 is 0.537 bits per heavy atom. The molecule has 0 N–H and O–H groups in total. The zero-order valence-corrected chi connectivity index (χ0v) is 22.6. The molecule has 1 aromatic heterocycles. The molecule has 0 radical (unpaired) electrons. The van der Waals surface area contributed by atoms with E-state index in [9.17, 15) is 0 Å². The van der Waals surface area contributed by atoms with E-state index >= 15 is 0 Å². The van der Waals surface area contributed by atoms with Crippen molar-refractivity contribution in [1.29, 1.82) is 0 Å². The lowest BCUT2D eigenvalue weighted by Crippen LogP contribution is -2.16. The molecule has 194 valence electrons. The molecule has 1 atom stereocenters. The summed E-state index contributed by atoms with van der Waals surface area (Å²) in [5, 5.41) is 0. The Morgan fingerprint density at radius 3 is 2.02 bits per heavy atom. The molecule has 0 aliphatic heterocycles. The van der Waals surface area contributed by atoms with Gasteiger partial charge in [0.15, 0.2) is 0 Å². The number of imidazole rings is 1. The molecule has 2 heteroatoms. The smallest absolute Gasteiger partial charge is 0.145 e. The summed E-state index contributed by atoms with van der Waals surface area (Å²) in [6.45, 7) is 0. The monoisotopic (exact) mass is 524 g/mol. The van der Waals surface area contributed by atoms with Gasteiger partial charge < -0.3 is 0 Å². The van der Waals surface area contributed by atoms with Crippen LogP contribution in [0, 0.1) is 0 Å². The van der Waals surface area contributed by atoms with Crippen molar-refractivity contribution < 1.29 is 0 Å². The predicted molar refractivity (Wildman–Crippen MR) is 169 cm³/mol. The van der Waals surface area contributed by atoms with Gasteiger partial charge in [-0.3, -0.25) is 4.57 Å². The SMILES string of the molecule is c1ccc(C2c3ccccc3Cc3cccc(-c4ccc(-c5nc6ccccc6n5-c5ccccc5)cc4)c32)cc1. The first-order valence-electron chi connectivity index (χ1n) is 14.2. The van der Waals surface area contributed by atoms with Crippen LogP contribution in [0.1, 0.15) is 33.7 Å². The van der Waals surface area contributed by atoms with Gasteiger partial charge in [-0.05, 0) is 69.6 Å². The fourth-order valence-electron chi connectivity index (χ4n) is 6.55. The second-order valence-electron chi connectivity index (χ2n) is 10.8. The van der Waals surface area contributed by atoms with Gasteiger partial charge in [-0.15, -0.1) is 0 Å². The highest BCUT2D eigenvalue weighted by Gasteiger charge is 2.29. The Kier molecular flexibility index (Phi) is 5.63. The van der Waals surface area contributed by atoms with Crippen molar-refractivity contribution >= 4 is 11.0 Å². The average molecular weight is 525 g/mol. The largest absolute Gasteiger partial charge is 0.292 e. The molecule has 1 aliphatic rings. The van der Waals surface area contributed by atoms with E-state index in [1.807, 2.05) is 0 Å². The van der Waals surface area contributed by atoms with E-state index in [1.165, 1.54) is 38.9 Å². The van der Waals surface area contributed by atoms with Gasteiger partial charge in [0.25, 0.3) is 0 Å². The number of rotatable bonds is 4. The van der Waals surface area contributed by atoms with E-state index in [2.05, 4.69) is 156 Å². The van der Waals surface area contributed by atoms with Gasteiger partial charge in [0.05, 0.1) is 11.0 Å². The van der Waals surface area contributed by atoms with Crippen LogP contribution in [0.3, 0.4) is 0 Å². The molecule has 0 amide bonds. The molecule has 8 rings (SSSR count). The van der Waals surface area contributed by atoms with Gasteiger partial charge in [-0.25, -0.2) is 4.98 Å². The fourth-order valence-corrected chi connectivity index (χ4v) is 6.55. The minimum atomic E-state index is 0.203. The average Bonchev–Trinajstić information content (AvgIpc) is 3.44. The van der Waals surface area contributed by atoms with Crippen molar-refractivity contribution in [2.45, 2.75) is 12.3 Å². The maximum Gasteiger partial charge on any atom is 0.145 e. The first kappa shape index (κ1) is 23.7.